The number of carbonyl (C=O) groups is 1. The van der Waals surface area contributed by atoms with Crippen LogP contribution in [-0.4, -0.2) is 38.8 Å². The molecule has 102 valence electrons. The van der Waals surface area contributed by atoms with Gasteiger partial charge in [0.1, 0.15) is 5.82 Å². The maximum absolute atomic E-state index is 11.7. The van der Waals surface area contributed by atoms with E-state index < -0.39 is 6.10 Å². The first-order chi connectivity index (χ1) is 8.34. The van der Waals surface area contributed by atoms with Crippen LogP contribution in [-0.2, 0) is 5.41 Å². The van der Waals surface area contributed by atoms with E-state index in [0.29, 0.717) is 12.2 Å². The first kappa shape index (κ1) is 14.6. The van der Waals surface area contributed by atoms with Gasteiger partial charge in [-0.1, -0.05) is 34.1 Å². The van der Waals surface area contributed by atoms with Gasteiger partial charge in [-0.15, -0.1) is 5.10 Å². The number of aromatic nitrogens is 3. The van der Waals surface area contributed by atoms with Crippen molar-refractivity contribution in [1.29, 1.82) is 0 Å². The van der Waals surface area contributed by atoms with Crippen LogP contribution in [0.4, 0.5) is 0 Å². The molecule has 1 unspecified atom stereocenters. The molecule has 1 rings (SSSR count). The fourth-order valence-electron chi connectivity index (χ4n) is 1.42. The maximum atomic E-state index is 11.7. The monoisotopic (exact) mass is 254 g/mol. The van der Waals surface area contributed by atoms with Gasteiger partial charge in [0.15, 0.2) is 0 Å². The molecule has 1 amide bonds. The third-order valence-electron chi connectivity index (χ3n) is 2.52. The van der Waals surface area contributed by atoms with Crippen molar-refractivity contribution in [2.24, 2.45) is 0 Å². The highest BCUT2D eigenvalue weighted by atomic mass is 16.3. The summed E-state index contributed by atoms with van der Waals surface area (Å²) < 4.78 is 0. The topological polar surface area (TPSA) is 90.9 Å². The lowest BCUT2D eigenvalue weighted by Crippen LogP contribution is -2.32. The molecule has 0 aliphatic heterocycles. The van der Waals surface area contributed by atoms with Crippen molar-refractivity contribution in [2.45, 2.75) is 52.1 Å². The molecule has 6 nitrogen and oxygen atoms in total. The van der Waals surface area contributed by atoms with Crippen molar-refractivity contribution < 1.29 is 9.90 Å². The van der Waals surface area contributed by atoms with E-state index in [-0.39, 0.29) is 23.7 Å². The smallest absolute Gasteiger partial charge is 0.291 e. The van der Waals surface area contributed by atoms with Crippen LogP contribution in [0.25, 0.3) is 0 Å². The van der Waals surface area contributed by atoms with E-state index in [0.717, 1.165) is 6.42 Å². The fourth-order valence-corrected chi connectivity index (χ4v) is 1.42. The van der Waals surface area contributed by atoms with Gasteiger partial charge in [-0.3, -0.25) is 9.89 Å². The van der Waals surface area contributed by atoms with Crippen molar-refractivity contribution in [1.82, 2.24) is 20.5 Å². The largest absolute Gasteiger partial charge is 0.391 e. The second-order valence-electron chi connectivity index (χ2n) is 5.41. The Labute approximate surface area is 107 Å². The Morgan fingerprint density at radius 1 is 1.50 bits per heavy atom. The third-order valence-corrected chi connectivity index (χ3v) is 2.52. The zero-order valence-corrected chi connectivity index (χ0v) is 11.4. The molecule has 0 radical (unpaired) electrons. The summed E-state index contributed by atoms with van der Waals surface area (Å²) in [6, 6.07) is 0. The Bertz CT molecular complexity index is 395. The number of nitrogens with one attached hydrogen (secondary N) is 2. The van der Waals surface area contributed by atoms with Crippen molar-refractivity contribution in [3.8, 4) is 0 Å². The minimum Gasteiger partial charge on any atom is -0.391 e. The van der Waals surface area contributed by atoms with Gasteiger partial charge in [0.25, 0.3) is 5.91 Å². The zero-order valence-electron chi connectivity index (χ0n) is 11.4. The van der Waals surface area contributed by atoms with Crippen LogP contribution < -0.4 is 5.32 Å². The van der Waals surface area contributed by atoms with Gasteiger partial charge < -0.3 is 10.4 Å². The number of nitrogens with zero attached hydrogens (tertiary/aromatic N) is 2. The fraction of sp³-hybridized carbons (Fsp3) is 0.750. The summed E-state index contributed by atoms with van der Waals surface area (Å²) in [6.07, 6.45) is 1.04. The summed E-state index contributed by atoms with van der Waals surface area (Å²) in [5, 5.41) is 18.8. The Morgan fingerprint density at radius 2 is 2.17 bits per heavy atom. The van der Waals surface area contributed by atoms with Crippen LogP contribution in [0.5, 0.6) is 0 Å². The van der Waals surface area contributed by atoms with E-state index in [1.165, 1.54) is 0 Å². The average Bonchev–Trinajstić information content (AvgIpc) is 2.75. The van der Waals surface area contributed by atoms with Crippen LogP contribution >= 0.6 is 0 Å². The third kappa shape index (κ3) is 4.10. The molecule has 0 bridgehead atoms. The highest BCUT2D eigenvalue weighted by Crippen LogP contribution is 2.17. The van der Waals surface area contributed by atoms with Gasteiger partial charge in [-0.2, -0.15) is 0 Å². The van der Waals surface area contributed by atoms with Crippen molar-refractivity contribution in [2.75, 3.05) is 6.54 Å². The molecule has 0 saturated heterocycles. The molecule has 0 aliphatic rings. The number of H-pyrrole nitrogens is 1. The lowest BCUT2D eigenvalue weighted by atomic mass is 9.96. The molecular weight excluding hydrogens is 232 g/mol. The molecule has 0 spiro atoms. The number of amides is 1. The van der Waals surface area contributed by atoms with Crippen LogP contribution in [0, 0.1) is 0 Å². The van der Waals surface area contributed by atoms with Crippen molar-refractivity contribution in [3.63, 3.8) is 0 Å². The molecule has 0 aromatic carbocycles. The van der Waals surface area contributed by atoms with E-state index >= 15 is 0 Å². The number of hydrogen-bond acceptors (Lipinski definition) is 4. The van der Waals surface area contributed by atoms with E-state index in [4.69, 9.17) is 0 Å². The Morgan fingerprint density at radius 3 is 2.67 bits per heavy atom. The predicted molar refractivity (Wildman–Crippen MR) is 68.3 cm³/mol. The Balaban J connectivity index is 2.55. The van der Waals surface area contributed by atoms with E-state index in [2.05, 4.69) is 20.5 Å². The second-order valence-corrected chi connectivity index (χ2v) is 5.41. The molecule has 1 heterocycles. The van der Waals surface area contributed by atoms with Gasteiger partial charge >= 0.3 is 0 Å². The summed E-state index contributed by atoms with van der Waals surface area (Å²) in [7, 11) is 0. The lowest BCUT2D eigenvalue weighted by molar-refractivity contribution is 0.0900. The molecule has 3 N–H and O–H groups in total. The molecule has 1 aromatic heterocycles. The molecule has 1 aromatic rings. The van der Waals surface area contributed by atoms with E-state index in [1.807, 2.05) is 27.7 Å². The van der Waals surface area contributed by atoms with Crippen LogP contribution in [0.3, 0.4) is 0 Å². The number of aromatic amines is 1. The zero-order chi connectivity index (χ0) is 13.8. The van der Waals surface area contributed by atoms with Crippen LogP contribution in [0.15, 0.2) is 0 Å². The van der Waals surface area contributed by atoms with E-state index in [1.54, 1.807) is 0 Å². The molecule has 6 heteroatoms. The summed E-state index contributed by atoms with van der Waals surface area (Å²) in [5.74, 6) is 0.419. The van der Waals surface area contributed by atoms with Crippen molar-refractivity contribution >= 4 is 5.91 Å². The number of aliphatic hydroxyl groups excluding tert-OH is 1. The van der Waals surface area contributed by atoms with Gasteiger partial charge in [0.2, 0.25) is 5.82 Å². The second kappa shape index (κ2) is 5.95. The molecule has 0 fully saturated rings. The quantitative estimate of drug-likeness (QED) is 0.731. The summed E-state index contributed by atoms with van der Waals surface area (Å²) in [5.41, 5.74) is -0.173. The lowest BCUT2D eigenvalue weighted by Gasteiger charge is -2.13. The number of hydrogen-bond donors (Lipinski definition) is 3. The molecule has 1 atom stereocenters. The molecular formula is C12H22N4O2. The van der Waals surface area contributed by atoms with Gasteiger partial charge in [-0.05, 0) is 6.42 Å². The molecule has 18 heavy (non-hydrogen) atoms. The van der Waals surface area contributed by atoms with Gasteiger partial charge in [-0.25, -0.2) is 4.98 Å². The molecule has 0 saturated carbocycles. The molecule has 0 aliphatic carbocycles. The highest BCUT2D eigenvalue weighted by molar-refractivity contribution is 5.90. The highest BCUT2D eigenvalue weighted by Gasteiger charge is 2.21. The number of rotatable bonds is 5. The SMILES string of the molecule is CCCC(O)CNC(=O)c1n[nH]c(C(C)(C)C)n1. The Kier molecular flexibility index (Phi) is 4.84. The average molecular weight is 254 g/mol. The van der Waals surface area contributed by atoms with E-state index in [9.17, 15) is 9.90 Å². The first-order valence-corrected chi connectivity index (χ1v) is 6.23. The maximum Gasteiger partial charge on any atom is 0.291 e. The van der Waals surface area contributed by atoms with Crippen molar-refractivity contribution in [3.05, 3.63) is 11.6 Å². The minimum absolute atomic E-state index is 0.114. The van der Waals surface area contributed by atoms with Gasteiger partial charge in [0.05, 0.1) is 6.10 Å². The Hall–Kier alpha value is -1.43. The normalized spacial score (nSPS) is 13.4. The standard InChI is InChI=1S/C12H22N4O2/c1-5-6-8(17)7-13-10(18)9-14-11(16-15-9)12(2,3)4/h8,17H,5-7H2,1-4H3,(H,13,18)(H,14,15,16). The minimum atomic E-state index is -0.514. The van der Waals surface area contributed by atoms with Crippen LogP contribution in [0.2, 0.25) is 0 Å². The first-order valence-electron chi connectivity index (χ1n) is 6.23. The van der Waals surface area contributed by atoms with Gasteiger partial charge in [0, 0.05) is 12.0 Å². The summed E-state index contributed by atoms with van der Waals surface area (Å²) in [4.78, 5) is 15.9. The van der Waals surface area contributed by atoms with Crippen LogP contribution in [0.1, 0.15) is 57.0 Å². The number of carbonyl (C=O) groups excluding carboxylic acids is 1. The number of aliphatic hydroxyl groups is 1. The summed E-state index contributed by atoms with van der Waals surface area (Å²) in [6.45, 7) is 8.17. The predicted octanol–water partition coefficient (Wildman–Crippen LogP) is 0.993. The summed E-state index contributed by atoms with van der Waals surface area (Å²) >= 11 is 0.